The number of ether oxygens (including phenoxy) is 1. The average Bonchev–Trinajstić information content (AvgIpc) is 3.20. The number of hydrogen-bond acceptors (Lipinski definition) is 3. The second kappa shape index (κ2) is 6.59. The van der Waals surface area contributed by atoms with E-state index in [1.807, 2.05) is 32.2 Å². The van der Waals surface area contributed by atoms with Gasteiger partial charge in [-0.05, 0) is 49.9 Å². The van der Waals surface area contributed by atoms with Gasteiger partial charge in [-0.3, -0.25) is 4.79 Å². The van der Waals surface area contributed by atoms with Crippen LogP contribution in [0, 0.1) is 0 Å². The molecule has 2 N–H and O–H groups in total. The molecule has 1 aliphatic carbocycles. The van der Waals surface area contributed by atoms with Crippen LogP contribution in [0.5, 0.6) is 5.75 Å². The first-order chi connectivity index (χ1) is 9.47. The van der Waals surface area contributed by atoms with Crippen molar-refractivity contribution in [1.29, 1.82) is 0 Å². The summed E-state index contributed by atoms with van der Waals surface area (Å²) in [5.41, 5.74) is 6.87. The van der Waals surface area contributed by atoms with Gasteiger partial charge in [0.25, 0.3) is 5.91 Å². The third-order valence-corrected chi connectivity index (χ3v) is 3.90. The van der Waals surface area contributed by atoms with Gasteiger partial charge in [0.1, 0.15) is 5.75 Å². The van der Waals surface area contributed by atoms with E-state index in [1.165, 1.54) is 0 Å². The maximum atomic E-state index is 12.0. The molecule has 0 aromatic heterocycles. The first-order valence-electron chi connectivity index (χ1n) is 6.90. The van der Waals surface area contributed by atoms with Crippen molar-refractivity contribution in [1.82, 2.24) is 4.90 Å². The molecule has 1 saturated carbocycles. The maximum absolute atomic E-state index is 12.0. The molecule has 5 heteroatoms. The summed E-state index contributed by atoms with van der Waals surface area (Å²) in [5, 5.41) is 0. The van der Waals surface area contributed by atoms with Crippen LogP contribution >= 0.6 is 15.9 Å². The number of rotatable bonds is 6. The fraction of sp³-hybridized carbons (Fsp3) is 0.533. The zero-order chi connectivity index (χ0) is 14.7. The van der Waals surface area contributed by atoms with Crippen molar-refractivity contribution in [3.63, 3.8) is 0 Å². The monoisotopic (exact) mass is 340 g/mol. The fourth-order valence-corrected chi connectivity index (χ4v) is 2.51. The van der Waals surface area contributed by atoms with E-state index in [9.17, 15) is 4.79 Å². The van der Waals surface area contributed by atoms with Crippen LogP contribution in [0.1, 0.15) is 25.3 Å². The number of carbonyl (C=O) groups is 1. The first kappa shape index (κ1) is 15.3. The van der Waals surface area contributed by atoms with E-state index in [1.54, 1.807) is 4.90 Å². The van der Waals surface area contributed by atoms with Crippen molar-refractivity contribution in [2.24, 2.45) is 5.73 Å². The number of carbonyl (C=O) groups excluding carboxylic acids is 1. The number of amides is 1. The van der Waals surface area contributed by atoms with Gasteiger partial charge in [0.05, 0.1) is 0 Å². The standard InChI is InChI=1S/C15H21BrN2O2/c1-10(17)7-11-8-12(16)3-6-14(11)20-9-15(19)18(2)13-4-5-13/h3,6,8,10,13H,4-5,7,9,17H2,1-2H3. The van der Waals surface area contributed by atoms with Crippen molar-refractivity contribution in [3.05, 3.63) is 28.2 Å². The Morgan fingerprint density at radius 2 is 2.25 bits per heavy atom. The number of likely N-dealkylation sites (N-methyl/N-ethyl adjacent to an activating group) is 1. The zero-order valence-electron chi connectivity index (χ0n) is 11.9. The fourth-order valence-electron chi connectivity index (χ4n) is 2.10. The van der Waals surface area contributed by atoms with Gasteiger partial charge in [-0.1, -0.05) is 15.9 Å². The van der Waals surface area contributed by atoms with Gasteiger partial charge in [-0.2, -0.15) is 0 Å². The highest BCUT2D eigenvalue weighted by Gasteiger charge is 2.29. The SMILES string of the molecule is CC(N)Cc1cc(Br)ccc1OCC(=O)N(C)C1CC1. The summed E-state index contributed by atoms with van der Waals surface area (Å²) in [6.45, 7) is 2.04. The topological polar surface area (TPSA) is 55.6 Å². The van der Waals surface area contributed by atoms with Crippen molar-refractivity contribution >= 4 is 21.8 Å². The molecule has 0 heterocycles. The number of nitrogens with two attached hydrogens (primary N) is 1. The molecule has 1 aliphatic rings. The minimum Gasteiger partial charge on any atom is -0.483 e. The third-order valence-electron chi connectivity index (χ3n) is 3.40. The molecule has 0 bridgehead atoms. The summed E-state index contributed by atoms with van der Waals surface area (Å²) in [5.74, 6) is 0.769. The highest BCUT2D eigenvalue weighted by Crippen LogP contribution is 2.27. The van der Waals surface area contributed by atoms with E-state index < -0.39 is 0 Å². The second-order valence-corrected chi connectivity index (χ2v) is 6.37. The molecule has 20 heavy (non-hydrogen) atoms. The molecule has 4 nitrogen and oxygen atoms in total. The Morgan fingerprint density at radius 1 is 1.55 bits per heavy atom. The Labute approximate surface area is 128 Å². The molecule has 2 rings (SSSR count). The summed E-state index contributed by atoms with van der Waals surface area (Å²) in [7, 11) is 1.84. The molecule has 0 saturated heterocycles. The number of halogens is 1. The van der Waals surface area contributed by atoms with Crippen LogP contribution in [0.2, 0.25) is 0 Å². The minimum absolute atomic E-state index is 0.0298. The molecule has 0 aliphatic heterocycles. The van der Waals surface area contributed by atoms with E-state index in [-0.39, 0.29) is 18.6 Å². The molecule has 1 aromatic carbocycles. The van der Waals surface area contributed by atoms with Gasteiger partial charge in [-0.25, -0.2) is 0 Å². The number of nitrogens with zero attached hydrogens (tertiary/aromatic N) is 1. The van der Waals surface area contributed by atoms with Crippen molar-refractivity contribution in [2.75, 3.05) is 13.7 Å². The molecule has 1 unspecified atom stereocenters. The second-order valence-electron chi connectivity index (χ2n) is 5.46. The number of benzene rings is 1. The molecular formula is C15H21BrN2O2. The van der Waals surface area contributed by atoms with Crippen LogP contribution in [0.15, 0.2) is 22.7 Å². The molecule has 1 atom stereocenters. The molecular weight excluding hydrogens is 320 g/mol. The molecule has 1 fully saturated rings. The summed E-state index contributed by atoms with van der Waals surface area (Å²) >= 11 is 3.45. The van der Waals surface area contributed by atoms with Crippen LogP contribution < -0.4 is 10.5 Å². The third kappa shape index (κ3) is 4.21. The van der Waals surface area contributed by atoms with E-state index in [2.05, 4.69) is 15.9 Å². The van der Waals surface area contributed by atoms with Gasteiger partial charge in [-0.15, -0.1) is 0 Å². The minimum atomic E-state index is 0.0298. The quantitative estimate of drug-likeness (QED) is 0.864. The van der Waals surface area contributed by atoms with Gasteiger partial charge in [0.2, 0.25) is 0 Å². The molecule has 110 valence electrons. The van der Waals surface area contributed by atoms with Crippen LogP contribution in [0.3, 0.4) is 0 Å². The van der Waals surface area contributed by atoms with Gasteiger partial charge < -0.3 is 15.4 Å². The molecule has 1 aromatic rings. The Kier molecular flexibility index (Phi) is 5.05. The summed E-state index contributed by atoms with van der Waals surface area (Å²) in [4.78, 5) is 13.7. The molecule has 1 amide bonds. The highest BCUT2D eigenvalue weighted by atomic mass is 79.9. The highest BCUT2D eigenvalue weighted by molar-refractivity contribution is 9.10. The smallest absolute Gasteiger partial charge is 0.260 e. The van der Waals surface area contributed by atoms with E-state index in [4.69, 9.17) is 10.5 Å². The van der Waals surface area contributed by atoms with E-state index >= 15 is 0 Å². The van der Waals surface area contributed by atoms with Crippen LogP contribution in [0.25, 0.3) is 0 Å². The molecule has 0 spiro atoms. The predicted octanol–water partition coefficient (Wildman–Crippen LogP) is 2.34. The lowest BCUT2D eigenvalue weighted by Crippen LogP contribution is -2.33. The largest absolute Gasteiger partial charge is 0.483 e. The maximum Gasteiger partial charge on any atom is 0.260 e. The summed E-state index contributed by atoms with van der Waals surface area (Å²) in [6.07, 6.45) is 2.94. The average molecular weight is 341 g/mol. The van der Waals surface area contributed by atoms with E-state index in [0.717, 1.165) is 35.0 Å². The Bertz CT molecular complexity index is 487. The van der Waals surface area contributed by atoms with Gasteiger partial charge in [0, 0.05) is 23.6 Å². The molecule has 0 radical (unpaired) electrons. The van der Waals surface area contributed by atoms with Crippen LogP contribution in [0.4, 0.5) is 0 Å². The zero-order valence-corrected chi connectivity index (χ0v) is 13.5. The number of hydrogen-bond donors (Lipinski definition) is 1. The van der Waals surface area contributed by atoms with Crippen molar-refractivity contribution in [2.45, 2.75) is 38.3 Å². The van der Waals surface area contributed by atoms with Crippen LogP contribution in [-0.4, -0.2) is 36.5 Å². The lowest BCUT2D eigenvalue weighted by atomic mass is 10.1. The van der Waals surface area contributed by atoms with Crippen molar-refractivity contribution in [3.8, 4) is 5.75 Å². The lowest BCUT2D eigenvalue weighted by molar-refractivity contribution is -0.132. The lowest BCUT2D eigenvalue weighted by Gasteiger charge is -2.18. The summed E-state index contributed by atoms with van der Waals surface area (Å²) in [6, 6.07) is 6.26. The first-order valence-corrected chi connectivity index (χ1v) is 7.69. The van der Waals surface area contributed by atoms with Gasteiger partial charge >= 0.3 is 0 Å². The van der Waals surface area contributed by atoms with Gasteiger partial charge in [0.15, 0.2) is 6.61 Å². The van der Waals surface area contributed by atoms with E-state index in [0.29, 0.717) is 6.04 Å². The van der Waals surface area contributed by atoms with Crippen LogP contribution in [-0.2, 0) is 11.2 Å². The predicted molar refractivity (Wildman–Crippen MR) is 82.8 cm³/mol. The van der Waals surface area contributed by atoms with Crippen molar-refractivity contribution < 1.29 is 9.53 Å². The Hall–Kier alpha value is -1.07. The Balaban J connectivity index is 1.99. The summed E-state index contributed by atoms with van der Waals surface area (Å²) < 4.78 is 6.67. The normalized spacial score (nSPS) is 15.8. The Morgan fingerprint density at radius 3 is 2.85 bits per heavy atom.